The Morgan fingerprint density at radius 2 is 1.90 bits per heavy atom. The van der Waals surface area contributed by atoms with Crippen molar-refractivity contribution >= 4 is 45.3 Å². The number of esters is 2. The van der Waals surface area contributed by atoms with E-state index in [0.29, 0.717) is 32.1 Å². The van der Waals surface area contributed by atoms with Crippen LogP contribution < -0.4 is 24.4 Å². The summed E-state index contributed by atoms with van der Waals surface area (Å²) >= 11 is 4.65. The number of hydrogen-bond acceptors (Lipinski definition) is 9. The van der Waals surface area contributed by atoms with Crippen molar-refractivity contribution in [2.45, 2.75) is 19.9 Å². The number of halogens is 1. The normalized spacial score (nSPS) is 14.9. The summed E-state index contributed by atoms with van der Waals surface area (Å²) in [5.41, 5.74) is 1.71. The van der Waals surface area contributed by atoms with Gasteiger partial charge in [-0.1, -0.05) is 45.5 Å². The largest absolute Gasteiger partial charge is 0.493 e. The summed E-state index contributed by atoms with van der Waals surface area (Å²) in [6.45, 7) is 2.98. The summed E-state index contributed by atoms with van der Waals surface area (Å²) in [6, 6.07) is 15.3. The lowest BCUT2D eigenvalue weighted by Gasteiger charge is -2.25. The lowest BCUT2D eigenvalue weighted by atomic mass is 9.95. The molecule has 11 heteroatoms. The van der Waals surface area contributed by atoms with E-state index >= 15 is 0 Å². The molecular weight excluding hydrogens is 600 g/mol. The van der Waals surface area contributed by atoms with E-state index < -0.39 is 18.0 Å². The molecule has 0 saturated carbocycles. The smallest absolute Gasteiger partial charge is 0.338 e. The molecule has 0 spiro atoms. The third kappa shape index (κ3) is 5.17. The van der Waals surface area contributed by atoms with Gasteiger partial charge >= 0.3 is 11.9 Å². The van der Waals surface area contributed by atoms with Gasteiger partial charge in [0.25, 0.3) is 5.56 Å². The van der Waals surface area contributed by atoms with Gasteiger partial charge in [-0.05, 0) is 48.9 Å². The number of carbonyl (C=O) groups is 2. The number of methoxy groups -OCH3 is 2. The van der Waals surface area contributed by atoms with Crippen LogP contribution in [-0.2, 0) is 14.3 Å². The van der Waals surface area contributed by atoms with Gasteiger partial charge in [-0.3, -0.25) is 14.2 Å². The fourth-order valence-corrected chi connectivity index (χ4v) is 5.88. The maximum Gasteiger partial charge on any atom is 0.338 e. The number of hydrogen-bond donors (Lipinski definition) is 0. The van der Waals surface area contributed by atoms with Crippen LogP contribution in [0.2, 0.25) is 0 Å². The first kappa shape index (κ1) is 27.4. The number of nitrogens with zero attached hydrogens (tertiary/aromatic N) is 2. The zero-order valence-corrected chi connectivity index (χ0v) is 24.3. The van der Waals surface area contributed by atoms with Crippen molar-refractivity contribution in [3.63, 3.8) is 0 Å². The molecular formula is C29H23BrN2O7S. The van der Waals surface area contributed by atoms with E-state index in [1.165, 1.54) is 37.0 Å². The number of ether oxygens (including phenoxy) is 3. The van der Waals surface area contributed by atoms with E-state index in [1.807, 2.05) is 30.3 Å². The van der Waals surface area contributed by atoms with Crippen molar-refractivity contribution in [3.8, 4) is 22.8 Å². The second-order valence-electron chi connectivity index (χ2n) is 8.79. The molecule has 0 saturated heterocycles. The Labute approximate surface area is 240 Å². The summed E-state index contributed by atoms with van der Waals surface area (Å²) in [5.74, 6) is 0.504. The molecule has 5 rings (SSSR count). The summed E-state index contributed by atoms with van der Waals surface area (Å²) in [4.78, 5) is 43.2. The van der Waals surface area contributed by atoms with Gasteiger partial charge in [0.05, 0.1) is 36.1 Å². The summed E-state index contributed by atoms with van der Waals surface area (Å²) in [6.07, 6.45) is 1.66. The van der Waals surface area contributed by atoms with Gasteiger partial charge in [0.2, 0.25) is 0 Å². The minimum Gasteiger partial charge on any atom is -0.493 e. The van der Waals surface area contributed by atoms with Crippen LogP contribution in [0.25, 0.3) is 17.4 Å². The third-order valence-electron chi connectivity index (χ3n) is 6.19. The molecule has 0 fully saturated rings. The number of benzene rings is 2. The van der Waals surface area contributed by atoms with Gasteiger partial charge in [0.15, 0.2) is 16.3 Å². The zero-order chi connectivity index (χ0) is 28.6. The Morgan fingerprint density at radius 1 is 1.10 bits per heavy atom. The molecule has 1 atom stereocenters. The van der Waals surface area contributed by atoms with Crippen molar-refractivity contribution in [2.24, 2.45) is 4.99 Å². The molecule has 204 valence electrons. The van der Waals surface area contributed by atoms with Crippen molar-refractivity contribution in [3.05, 3.63) is 101 Å². The minimum absolute atomic E-state index is 0.207. The molecule has 0 radical (unpaired) electrons. The second kappa shape index (κ2) is 11.1. The highest BCUT2D eigenvalue weighted by atomic mass is 79.9. The van der Waals surface area contributed by atoms with E-state index in [0.717, 1.165) is 10.0 Å². The standard InChI is InChI=1S/C29H23BrN2O7S/c1-15-25(28(35)37-4)26(18-8-10-22(38-16(2)33)23(13-18)36-3)32-27(34)24(40-29(32)31-15)14-20-9-11-21(39-20)17-6-5-7-19(30)12-17/h5-14,26H,1-4H3/b24-14+/t26-/m0/s1. The Kier molecular flexibility index (Phi) is 7.59. The quantitative estimate of drug-likeness (QED) is 0.232. The Morgan fingerprint density at radius 3 is 2.60 bits per heavy atom. The topological polar surface area (TPSA) is 109 Å². The first-order chi connectivity index (χ1) is 19.2. The van der Waals surface area contributed by atoms with Gasteiger partial charge in [-0.15, -0.1) is 0 Å². The minimum atomic E-state index is -0.861. The monoisotopic (exact) mass is 622 g/mol. The highest BCUT2D eigenvalue weighted by molar-refractivity contribution is 9.10. The number of fused-ring (bicyclic) bond motifs is 1. The predicted molar refractivity (Wildman–Crippen MR) is 152 cm³/mol. The van der Waals surface area contributed by atoms with Crippen LogP contribution >= 0.6 is 27.3 Å². The fraction of sp³-hybridized carbons (Fsp3) is 0.172. The van der Waals surface area contributed by atoms with Crippen LogP contribution in [-0.4, -0.2) is 30.7 Å². The number of furan rings is 1. The summed E-state index contributed by atoms with van der Waals surface area (Å²) in [7, 11) is 2.71. The van der Waals surface area contributed by atoms with Crippen LogP contribution in [0.4, 0.5) is 0 Å². The van der Waals surface area contributed by atoms with Crippen LogP contribution in [0.15, 0.2) is 84.5 Å². The number of aromatic nitrogens is 1. The maximum atomic E-state index is 13.8. The van der Waals surface area contributed by atoms with Crippen molar-refractivity contribution in [1.29, 1.82) is 0 Å². The Balaban J connectivity index is 1.65. The van der Waals surface area contributed by atoms with Gasteiger partial charge in [0.1, 0.15) is 11.5 Å². The highest BCUT2D eigenvalue weighted by Gasteiger charge is 2.33. The fourth-order valence-electron chi connectivity index (χ4n) is 4.46. The molecule has 0 unspecified atom stereocenters. The number of allylic oxidation sites excluding steroid dienone is 1. The number of carbonyl (C=O) groups excluding carboxylic acids is 2. The molecule has 4 aromatic rings. The lowest BCUT2D eigenvalue weighted by Crippen LogP contribution is -2.39. The van der Waals surface area contributed by atoms with Crippen LogP contribution in [0.1, 0.15) is 31.2 Å². The molecule has 1 aliphatic rings. The Bertz CT molecular complexity index is 1870. The van der Waals surface area contributed by atoms with Gasteiger partial charge in [-0.2, -0.15) is 0 Å². The van der Waals surface area contributed by atoms with Crippen LogP contribution in [0.3, 0.4) is 0 Å². The first-order valence-corrected chi connectivity index (χ1v) is 13.6. The van der Waals surface area contributed by atoms with E-state index in [4.69, 9.17) is 18.6 Å². The van der Waals surface area contributed by atoms with Gasteiger partial charge in [0, 0.05) is 23.0 Å². The van der Waals surface area contributed by atoms with E-state index in [9.17, 15) is 14.4 Å². The molecule has 3 heterocycles. The predicted octanol–water partition coefficient (Wildman–Crippen LogP) is 4.36. The molecule has 0 aliphatic carbocycles. The van der Waals surface area contributed by atoms with Crippen molar-refractivity contribution in [1.82, 2.24) is 4.57 Å². The lowest BCUT2D eigenvalue weighted by molar-refractivity contribution is -0.136. The average Bonchev–Trinajstić information content (AvgIpc) is 3.52. The van der Waals surface area contributed by atoms with E-state index in [2.05, 4.69) is 20.9 Å². The SMILES string of the molecule is COC(=O)C1=C(C)N=c2s/c(=C/c3ccc(-c4cccc(Br)c4)o3)c(=O)n2[C@H]1c1ccc(OC(C)=O)c(OC)c1. The molecule has 40 heavy (non-hydrogen) atoms. The highest BCUT2D eigenvalue weighted by Crippen LogP contribution is 2.36. The molecule has 0 bridgehead atoms. The molecule has 0 N–H and O–H groups in total. The number of rotatable bonds is 6. The molecule has 9 nitrogen and oxygen atoms in total. The molecule has 0 amide bonds. The number of thiazole rings is 1. The molecule has 2 aromatic heterocycles. The molecule has 2 aromatic carbocycles. The van der Waals surface area contributed by atoms with Crippen LogP contribution in [0.5, 0.6) is 11.5 Å². The summed E-state index contributed by atoms with van der Waals surface area (Å²) in [5, 5.41) is 0. The Hall–Kier alpha value is -4.22. The second-order valence-corrected chi connectivity index (χ2v) is 10.7. The first-order valence-electron chi connectivity index (χ1n) is 12.0. The molecule has 1 aliphatic heterocycles. The van der Waals surface area contributed by atoms with E-state index in [1.54, 1.807) is 37.3 Å². The van der Waals surface area contributed by atoms with Crippen molar-refractivity contribution < 1.29 is 28.2 Å². The van der Waals surface area contributed by atoms with Gasteiger partial charge in [-0.25, -0.2) is 9.79 Å². The van der Waals surface area contributed by atoms with Crippen molar-refractivity contribution in [2.75, 3.05) is 14.2 Å². The average molecular weight is 623 g/mol. The zero-order valence-electron chi connectivity index (χ0n) is 21.9. The van der Waals surface area contributed by atoms with Crippen LogP contribution in [0, 0.1) is 0 Å². The maximum absolute atomic E-state index is 13.8. The van der Waals surface area contributed by atoms with E-state index in [-0.39, 0.29) is 22.6 Å². The summed E-state index contributed by atoms with van der Waals surface area (Å²) < 4.78 is 24.5. The van der Waals surface area contributed by atoms with Gasteiger partial charge < -0.3 is 18.6 Å². The third-order valence-corrected chi connectivity index (χ3v) is 7.67.